The molecule has 0 radical (unpaired) electrons. The number of aliphatic carboxylic acids is 1. The van der Waals surface area contributed by atoms with Crippen molar-refractivity contribution in [2.24, 2.45) is 4.99 Å². The van der Waals surface area contributed by atoms with E-state index < -0.39 is 12.1 Å². The molecule has 0 saturated carbocycles. The fraction of sp³-hybridized carbons (Fsp3) is 0.333. The van der Waals surface area contributed by atoms with Gasteiger partial charge in [0.1, 0.15) is 5.75 Å². The van der Waals surface area contributed by atoms with Crippen LogP contribution in [0, 0.1) is 0 Å². The summed E-state index contributed by atoms with van der Waals surface area (Å²) < 4.78 is 10.4. The van der Waals surface area contributed by atoms with Gasteiger partial charge in [0.05, 0.1) is 20.1 Å². The number of carboxylic acid groups (broad SMARTS) is 1. The first-order valence-electron chi connectivity index (χ1n) is 5.25. The number of hydrogen-bond acceptors (Lipinski definition) is 4. The molecule has 1 aliphatic heterocycles. The number of methoxy groups -OCH3 is 1. The van der Waals surface area contributed by atoms with E-state index in [1.54, 1.807) is 7.11 Å². The number of hydrogen-bond donors (Lipinski definition) is 1. The van der Waals surface area contributed by atoms with Crippen LogP contribution in [0.2, 0.25) is 0 Å². The average molecular weight is 235 g/mol. The topological polar surface area (TPSA) is 68.1 Å². The monoisotopic (exact) mass is 235 g/mol. The maximum absolute atomic E-state index is 10.7. The summed E-state index contributed by atoms with van der Waals surface area (Å²) in [4.78, 5) is 14.8. The normalized spacial score (nSPS) is 18.4. The standard InChI is InChI=1S/C12H13NO4/c1-16-9-5-3-2-4-8(9)6-11-13-7-10(17-11)12(14)15/h2-5,10H,6-7H2,1H3,(H,14,15). The van der Waals surface area contributed by atoms with Gasteiger partial charge in [0.2, 0.25) is 6.10 Å². The molecule has 1 aromatic rings. The zero-order chi connectivity index (χ0) is 12.3. The van der Waals surface area contributed by atoms with Crippen LogP contribution in [0.3, 0.4) is 0 Å². The molecule has 1 aliphatic rings. The van der Waals surface area contributed by atoms with Crippen molar-refractivity contribution in [1.82, 2.24) is 0 Å². The molecule has 0 spiro atoms. The van der Waals surface area contributed by atoms with Crippen molar-refractivity contribution in [1.29, 1.82) is 0 Å². The molecule has 0 saturated heterocycles. The highest BCUT2D eigenvalue weighted by atomic mass is 16.5. The minimum Gasteiger partial charge on any atom is -0.496 e. The van der Waals surface area contributed by atoms with E-state index in [2.05, 4.69) is 4.99 Å². The van der Waals surface area contributed by atoms with Gasteiger partial charge in [-0.15, -0.1) is 0 Å². The molecule has 5 heteroatoms. The van der Waals surface area contributed by atoms with Crippen LogP contribution in [-0.2, 0) is 16.0 Å². The van der Waals surface area contributed by atoms with Gasteiger partial charge < -0.3 is 14.6 Å². The van der Waals surface area contributed by atoms with Crippen molar-refractivity contribution in [3.05, 3.63) is 29.8 Å². The predicted molar refractivity (Wildman–Crippen MR) is 61.5 cm³/mol. The first-order valence-corrected chi connectivity index (χ1v) is 5.25. The number of para-hydroxylation sites is 1. The first kappa shape index (κ1) is 11.4. The molecule has 1 N–H and O–H groups in total. The molecule has 0 aliphatic carbocycles. The minimum absolute atomic E-state index is 0.180. The highest BCUT2D eigenvalue weighted by molar-refractivity contribution is 5.86. The minimum atomic E-state index is -0.983. The average Bonchev–Trinajstić information content (AvgIpc) is 2.78. The van der Waals surface area contributed by atoms with Gasteiger partial charge in [0.25, 0.3) is 0 Å². The summed E-state index contributed by atoms with van der Waals surface area (Å²) in [6, 6.07) is 7.51. The van der Waals surface area contributed by atoms with Gasteiger partial charge >= 0.3 is 5.97 Å². The number of aliphatic imine (C=N–C) groups is 1. The quantitative estimate of drug-likeness (QED) is 0.849. The zero-order valence-electron chi connectivity index (χ0n) is 9.42. The van der Waals surface area contributed by atoms with E-state index in [9.17, 15) is 4.79 Å². The number of benzene rings is 1. The van der Waals surface area contributed by atoms with Crippen molar-refractivity contribution in [2.75, 3.05) is 13.7 Å². The summed E-state index contributed by atoms with van der Waals surface area (Å²) in [6.07, 6.45) is -0.395. The largest absolute Gasteiger partial charge is 0.496 e. The van der Waals surface area contributed by atoms with E-state index in [0.29, 0.717) is 12.3 Å². The van der Waals surface area contributed by atoms with E-state index in [4.69, 9.17) is 14.6 Å². The molecule has 5 nitrogen and oxygen atoms in total. The van der Waals surface area contributed by atoms with E-state index in [0.717, 1.165) is 11.3 Å². The third kappa shape index (κ3) is 2.55. The number of carbonyl (C=O) groups is 1. The van der Waals surface area contributed by atoms with Crippen LogP contribution in [0.25, 0.3) is 0 Å². The molecular formula is C12H13NO4. The maximum atomic E-state index is 10.7. The predicted octanol–water partition coefficient (Wildman–Crippen LogP) is 1.12. The Bertz CT molecular complexity index is 456. The summed E-state index contributed by atoms with van der Waals surface area (Å²) in [5.41, 5.74) is 0.930. The second kappa shape index (κ2) is 4.86. The molecule has 0 bridgehead atoms. The second-order valence-corrected chi connectivity index (χ2v) is 3.67. The van der Waals surface area contributed by atoms with Crippen molar-refractivity contribution >= 4 is 11.9 Å². The number of nitrogens with zero attached hydrogens (tertiary/aromatic N) is 1. The molecule has 0 amide bonds. The lowest BCUT2D eigenvalue weighted by Crippen LogP contribution is -2.24. The van der Waals surface area contributed by atoms with Crippen LogP contribution in [0.1, 0.15) is 5.56 Å². The second-order valence-electron chi connectivity index (χ2n) is 3.67. The van der Waals surface area contributed by atoms with E-state index in [-0.39, 0.29) is 6.54 Å². The fourth-order valence-electron chi connectivity index (χ4n) is 1.66. The fourth-order valence-corrected chi connectivity index (χ4v) is 1.66. The van der Waals surface area contributed by atoms with Gasteiger partial charge in [0, 0.05) is 5.56 Å². The SMILES string of the molecule is COc1ccccc1CC1=NCC(C(=O)O)O1. The van der Waals surface area contributed by atoms with Crippen LogP contribution < -0.4 is 4.74 Å². The molecule has 1 atom stereocenters. The molecule has 1 aromatic carbocycles. The maximum Gasteiger partial charge on any atom is 0.346 e. The van der Waals surface area contributed by atoms with Crippen molar-refractivity contribution in [3.8, 4) is 5.75 Å². The summed E-state index contributed by atoms with van der Waals surface area (Å²) in [5.74, 6) is 0.211. The highest BCUT2D eigenvalue weighted by Crippen LogP contribution is 2.20. The molecule has 0 fully saturated rings. The van der Waals surface area contributed by atoms with E-state index in [1.807, 2.05) is 24.3 Å². The Hall–Kier alpha value is -2.04. The zero-order valence-corrected chi connectivity index (χ0v) is 9.42. The molecule has 1 unspecified atom stereocenters. The lowest BCUT2D eigenvalue weighted by atomic mass is 10.1. The first-order chi connectivity index (χ1) is 8.20. The lowest BCUT2D eigenvalue weighted by molar-refractivity contribution is -0.144. The lowest BCUT2D eigenvalue weighted by Gasteiger charge is -2.09. The van der Waals surface area contributed by atoms with Crippen LogP contribution in [-0.4, -0.2) is 36.7 Å². The van der Waals surface area contributed by atoms with Crippen LogP contribution in [0.15, 0.2) is 29.3 Å². The van der Waals surface area contributed by atoms with Crippen molar-refractivity contribution in [2.45, 2.75) is 12.5 Å². The van der Waals surface area contributed by atoms with Crippen LogP contribution >= 0.6 is 0 Å². The molecular weight excluding hydrogens is 222 g/mol. The van der Waals surface area contributed by atoms with E-state index in [1.165, 1.54) is 0 Å². The van der Waals surface area contributed by atoms with Gasteiger partial charge in [-0.3, -0.25) is 4.99 Å². The number of carboxylic acids is 1. The summed E-state index contributed by atoms with van der Waals surface area (Å²) >= 11 is 0. The van der Waals surface area contributed by atoms with Crippen molar-refractivity contribution in [3.63, 3.8) is 0 Å². The Morgan fingerprint density at radius 2 is 2.35 bits per heavy atom. The number of ether oxygens (including phenoxy) is 2. The van der Waals surface area contributed by atoms with Gasteiger partial charge in [-0.2, -0.15) is 0 Å². The van der Waals surface area contributed by atoms with Gasteiger partial charge in [-0.1, -0.05) is 18.2 Å². The Morgan fingerprint density at radius 1 is 1.59 bits per heavy atom. The molecule has 0 aromatic heterocycles. The van der Waals surface area contributed by atoms with Crippen LogP contribution in [0.4, 0.5) is 0 Å². The van der Waals surface area contributed by atoms with E-state index >= 15 is 0 Å². The Balaban J connectivity index is 2.05. The summed E-state index contributed by atoms with van der Waals surface area (Å²) in [6.45, 7) is 0.180. The summed E-state index contributed by atoms with van der Waals surface area (Å²) in [5, 5.41) is 8.77. The Kier molecular flexibility index (Phi) is 3.27. The third-order valence-corrected chi connectivity index (χ3v) is 2.52. The van der Waals surface area contributed by atoms with Crippen molar-refractivity contribution < 1.29 is 19.4 Å². The van der Waals surface area contributed by atoms with Crippen LogP contribution in [0.5, 0.6) is 5.75 Å². The van der Waals surface area contributed by atoms with Gasteiger partial charge in [-0.25, -0.2) is 4.79 Å². The molecule has 90 valence electrons. The molecule has 17 heavy (non-hydrogen) atoms. The highest BCUT2D eigenvalue weighted by Gasteiger charge is 2.26. The van der Waals surface area contributed by atoms with Gasteiger partial charge in [0.15, 0.2) is 5.90 Å². The smallest absolute Gasteiger partial charge is 0.346 e. The third-order valence-electron chi connectivity index (χ3n) is 2.52. The van der Waals surface area contributed by atoms with Gasteiger partial charge in [-0.05, 0) is 6.07 Å². The Labute approximate surface area is 98.7 Å². The Morgan fingerprint density at radius 3 is 3.00 bits per heavy atom. The molecule has 1 heterocycles. The molecule has 2 rings (SSSR count). The summed E-state index contributed by atoms with van der Waals surface area (Å²) in [7, 11) is 1.59. The number of rotatable bonds is 4.